The van der Waals surface area contributed by atoms with Crippen LogP contribution in [0.25, 0.3) is 0 Å². The van der Waals surface area contributed by atoms with Gasteiger partial charge in [-0.2, -0.15) is 15.0 Å². The van der Waals surface area contributed by atoms with E-state index in [-0.39, 0.29) is 0 Å². The monoisotopic (exact) mass is 181 g/mol. The van der Waals surface area contributed by atoms with E-state index in [2.05, 4.69) is 27.5 Å². The number of rotatable bonds is 3. The van der Waals surface area contributed by atoms with Crippen LogP contribution in [0.15, 0.2) is 6.20 Å². The summed E-state index contributed by atoms with van der Waals surface area (Å²) in [5.41, 5.74) is 1.01. The van der Waals surface area contributed by atoms with Crippen LogP contribution in [0.3, 0.4) is 0 Å². The first-order valence-corrected chi connectivity index (χ1v) is 4.51. The molecule has 2 rings (SSSR count). The lowest BCUT2D eigenvalue weighted by Gasteiger charge is -2.36. The van der Waals surface area contributed by atoms with Crippen molar-refractivity contribution in [3.05, 3.63) is 11.9 Å². The molecule has 1 aromatic heterocycles. The standard InChI is InChI=1S/C8H15N5/c1-12-5-8(6-12)9-3-7-4-10-13(2)11-7/h4,8-9H,3,5-6H2,1-2H3. The van der Waals surface area contributed by atoms with Crippen molar-refractivity contribution in [2.75, 3.05) is 20.1 Å². The van der Waals surface area contributed by atoms with Gasteiger partial charge in [0.25, 0.3) is 0 Å². The van der Waals surface area contributed by atoms with Gasteiger partial charge < -0.3 is 10.2 Å². The molecule has 1 aromatic rings. The summed E-state index contributed by atoms with van der Waals surface area (Å²) in [5.74, 6) is 0. The molecule has 0 saturated carbocycles. The summed E-state index contributed by atoms with van der Waals surface area (Å²) in [6.07, 6.45) is 1.80. The van der Waals surface area contributed by atoms with E-state index in [4.69, 9.17) is 0 Å². The van der Waals surface area contributed by atoms with Gasteiger partial charge in [0.2, 0.25) is 0 Å². The molecule has 0 aromatic carbocycles. The fraction of sp³-hybridized carbons (Fsp3) is 0.750. The van der Waals surface area contributed by atoms with Gasteiger partial charge in [-0.15, -0.1) is 0 Å². The summed E-state index contributed by atoms with van der Waals surface area (Å²) in [6.45, 7) is 3.10. The maximum absolute atomic E-state index is 4.19. The first-order chi connectivity index (χ1) is 6.24. The van der Waals surface area contributed by atoms with E-state index in [1.54, 1.807) is 11.0 Å². The van der Waals surface area contributed by atoms with Crippen LogP contribution in [0.2, 0.25) is 0 Å². The lowest BCUT2D eigenvalue weighted by Crippen LogP contribution is -2.55. The topological polar surface area (TPSA) is 46.0 Å². The van der Waals surface area contributed by atoms with Gasteiger partial charge in [-0.1, -0.05) is 0 Å². The largest absolute Gasteiger partial charge is 0.306 e. The Morgan fingerprint density at radius 1 is 1.54 bits per heavy atom. The molecule has 0 radical (unpaired) electrons. The van der Waals surface area contributed by atoms with Crippen molar-refractivity contribution in [2.24, 2.45) is 7.05 Å². The molecular formula is C8H15N5. The summed E-state index contributed by atoms with van der Waals surface area (Å²) in [6, 6.07) is 0.631. The zero-order valence-electron chi connectivity index (χ0n) is 8.06. The fourth-order valence-corrected chi connectivity index (χ4v) is 1.55. The van der Waals surface area contributed by atoms with Crippen LogP contribution in [0.1, 0.15) is 5.69 Å². The van der Waals surface area contributed by atoms with Crippen molar-refractivity contribution in [1.29, 1.82) is 0 Å². The summed E-state index contributed by atoms with van der Waals surface area (Å²) >= 11 is 0. The van der Waals surface area contributed by atoms with Gasteiger partial charge in [0, 0.05) is 32.7 Å². The van der Waals surface area contributed by atoms with Crippen molar-refractivity contribution < 1.29 is 0 Å². The van der Waals surface area contributed by atoms with Gasteiger partial charge in [-0.3, -0.25) is 0 Å². The third kappa shape index (κ3) is 2.05. The molecule has 5 heteroatoms. The maximum atomic E-state index is 4.19. The van der Waals surface area contributed by atoms with Crippen LogP contribution in [0.4, 0.5) is 0 Å². The molecular weight excluding hydrogens is 166 g/mol. The molecule has 1 saturated heterocycles. The molecule has 2 heterocycles. The smallest absolute Gasteiger partial charge is 0.0964 e. The summed E-state index contributed by atoms with van der Waals surface area (Å²) < 4.78 is 0. The van der Waals surface area contributed by atoms with E-state index in [0.29, 0.717) is 6.04 Å². The summed E-state index contributed by atoms with van der Waals surface area (Å²) in [5, 5.41) is 11.6. The Morgan fingerprint density at radius 3 is 2.85 bits per heavy atom. The Labute approximate surface area is 77.7 Å². The van der Waals surface area contributed by atoms with Crippen LogP contribution in [-0.2, 0) is 13.6 Å². The third-order valence-corrected chi connectivity index (χ3v) is 2.28. The highest BCUT2D eigenvalue weighted by Crippen LogP contribution is 2.04. The van der Waals surface area contributed by atoms with Gasteiger partial charge in [-0.25, -0.2) is 0 Å². The minimum absolute atomic E-state index is 0.631. The van der Waals surface area contributed by atoms with Crippen LogP contribution in [0, 0.1) is 0 Å². The number of likely N-dealkylation sites (tertiary alicyclic amines) is 1. The molecule has 0 bridgehead atoms. The Bertz CT molecular complexity index is 276. The molecule has 1 aliphatic heterocycles. The summed E-state index contributed by atoms with van der Waals surface area (Å²) in [7, 11) is 3.96. The third-order valence-electron chi connectivity index (χ3n) is 2.28. The average Bonchev–Trinajstić information content (AvgIpc) is 2.43. The van der Waals surface area contributed by atoms with E-state index in [1.807, 2.05) is 7.05 Å². The minimum Gasteiger partial charge on any atom is -0.306 e. The van der Waals surface area contributed by atoms with E-state index in [9.17, 15) is 0 Å². The van der Waals surface area contributed by atoms with Crippen molar-refractivity contribution in [1.82, 2.24) is 25.2 Å². The Kier molecular flexibility index (Phi) is 2.28. The molecule has 1 fully saturated rings. The molecule has 0 amide bonds. The first-order valence-electron chi connectivity index (χ1n) is 4.51. The quantitative estimate of drug-likeness (QED) is 0.664. The highest BCUT2D eigenvalue weighted by Gasteiger charge is 2.22. The number of aromatic nitrogens is 3. The number of hydrogen-bond acceptors (Lipinski definition) is 4. The maximum Gasteiger partial charge on any atom is 0.0964 e. The van der Waals surface area contributed by atoms with Gasteiger partial charge in [-0.05, 0) is 7.05 Å². The lowest BCUT2D eigenvalue weighted by atomic mass is 10.1. The van der Waals surface area contributed by atoms with Gasteiger partial charge >= 0.3 is 0 Å². The van der Waals surface area contributed by atoms with Crippen molar-refractivity contribution in [3.63, 3.8) is 0 Å². The highest BCUT2D eigenvalue weighted by atomic mass is 15.4. The second-order valence-electron chi connectivity index (χ2n) is 3.62. The molecule has 1 N–H and O–H groups in total. The van der Waals surface area contributed by atoms with E-state index >= 15 is 0 Å². The molecule has 72 valence electrons. The van der Waals surface area contributed by atoms with Gasteiger partial charge in [0.15, 0.2) is 0 Å². The van der Waals surface area contributed by atoms with Gasteiger partial charge in [0.05, 0.1) is 11.9 Å². The number of hydrogen-bond donors (Lipinski definition) is 1. The molecule has 1 aliphatic rings. The van der Waals surface area contributed by atoms with Crippen LogP contribution in [-0.4, -0.2) is 46.1 Å². The molecule has 0 unspecified atom stereocenters. The van der Waals surface area contributed by atoms with Crippen LogP contribution < -0.4 is 5.32 Å². The molecule has 0 spiro atoms. The van der Waals surface area contributed by atoms with Crippen molar-refractivity contribution in [2.45, 2.75) is 12.6 Å². The second kappa shape index (κ2) is 3.43. The molecule has 0 atom stereocenters. The van der Waals surface area contributed by atoms with Crippen LogP contribution in [0.5, 0.6) is 0 Å². The number of nitrogens with zero attached hydrogens (tertiary/aromatic N) is 4. The number of aryl methyl sites for hydroxylation is 1. The zero-order valence-corrected chi connectivity index (χ0v) is 8.06. The Hall–Kier alpha value is -0.940. The molecule has 13 heavy (non-hydrogen) atoms. The number of likely N-dealkylation sites (N-methyl/N-ethyl adjacent to an activating group) is 1. The summed E-state index contributed by atoms with van der Waals surface area (Å²) in [4.78, 5) is 3.87. The minimum atomic E-state index is 0.631. The first kappa shape index (κ1) is 8.65. The second-order valence-corrected chi connectivity index (χ2v) is 3.62. The SMILES string of the molecule is CN1CC(NCc2cnn(C)n2)C1. The Balaban J connectivity index is 1.74. The van der Waals surface area contributed by atoms with E-state index < -0.39 is 0 Å². The zero-order chi connectivity index (χ0) is 9.26. The number of nitrogens with one attached hydrogen (secondary N) is 1. The van der Waals surface area contributed by atoms with Crippen LogP contribution >= 0.6 is 0 Å². The fourth-order valence-electron chi connectivity index (χ4n) is 1.55. The normalized spacial score (nSPS) is 18.9. The predicted octanol–water partition coefficient (Wildman–Crippen LogP) is -0.781. The molecule has 5 nitrogen and oxygen atoms in total. The predicted molar refractivity (Wildman–Crippen MR) is 49.1 cm³/mol. The highest BCUT2D eigenvalue weighted by molar-refractivity contribution is 4.93. The van der Waals surface area contributed by atoms with Crippen molar-refractivity contribution >= 4 is 0 Å². The Morgan fingerprint density at radius 2 is 2.31 bits per heavy atom. The van der Waals surface area contributed by atoms with E-state index in [1.165, 1.54) is 0 Å². The average molecular weight is 181 g/mol. The molecule has 0 aliphatic carbocycles. The lowest BCUT2D eigenvalue weighted by molar-refractivity contribution is 0.160. The van der Waals surface area contributed by atoms with E-state index in [0.717, 1.165) is 25.3 Å². The van der Waals surface area contributed by atoms with Crippen molar-refractivity contribution in [3.8, 4) is 0 Å². The van der Waals surface area contributed by atoms with Gasteiger partial charge in [0.1, 0.15) is 0 Å².